The number of carbonyl (C=O) groups is 3. The summed E-state index contributed by atoms with van der Waals surface area (Å²) < 4.78 is 6.02. The van der Waals surface area contributed by atoms with Gasteiger partial charge in [-0.05, 0) is 43.0 Å². The number of fused-ring (bicyclic) bond motifs is 1. The summed E-state index contributed by atoms with van der Waals surface area (Å²) >= 11 is 0. The van der Waals surface area contributed by atoms with Gasteiger partial charge in [-0.2, -0.15) is 0 Å². The number of piperidine rings is 1. The summed E-state index contributed by atoms with van der Waals surface area (Å²) in [6, 6.07) is 5.17. The van der Waals surface area contributed by atoms with E-state index in [2.05, 4.69) is 16.0 Å². The minimum atomic E-state index is -0.577. The molecule has 3 N–H and O–H groups in total. The van der Waals surface area contributed by atoms with Crippen LogP contribution in [0.15, 0.2) is 18.2 Å². The van der Waals surface area contributed by atoms with Crippen LogP contribution in [0.3, 0.4) is 0 Å². The number of imide groups is 1. The second-order valence-corrected chi connectivity index (χ2v) is 9.04. The number of nitrogens with one attached hydrogen (secondary N) is 3. The van der Waals surface area contributed by atoms with Crippen LogP contribution < -0.4 is 16.0 Å². The van der Waals surface area contributed by atoms with Crippen molar-refractivity contribution in [1.29, 1.82) is 0 Å². The molecule has 3 atom stereocenters. The van der Waals surface area contributed by atoms with Gasteiger partial charge in [-0.1, -0.05) is 12.1 Å². The Hall–Kier alpha value is -2.29. The van der Waals surface area contributed by atoms with Crippen LogP contribution in [0, 0.1) is 5.41 Å². The smallest absolute Gasteiger partial charge is 0.255 e. The van der Waals surface area contributed by atoms with Crippen molar-refractivity contribution in [3.05, 3.63) is 34.9 Å². The van der Waals surface area contributed by atoms with E-state index >= 15 is 0 Å². The van der Waals surface area contributed by atoms with Gasteiger partial charge in [0.15, 0.2) is 0 Å². The normalized spacial score (nSPS) is 30.9. The average molecular weight is 412 g/mol. The number of amides is 3. The van der Waals surface area contributed by atoms with Gasteiger partial charge in [0.2, 0.25) is 11.8 Å². The highest BCUT2D eigenvalue weighted by molar-refractivity contribution is 6.05. The van der Waals surface area contributed by atoms with Crippen molar-refractivity contribution in [1.82, 2.24) is 20.9 Å². The Labute approximate surface area is 175 Å². The first kappa shape index (κ1) is 19.7. The van der Waals surface area contributed by atoms with E-state index < -0.39 is 6.04 Å². The lowest BCUT2D eigenvalue weighted by atomic mass is 9.85. The molecule has 0 aliphatic carbocycles. The highest BCUT2D eigenvalue weighted by Gasteiger charge is 2.42. The maximum Gasteiger partial charge on any atom is 0.255 e. The third-order valence-electron chi connectivity index (χ3n) is 6.98. The highest BCUT2D eigenvalue weighted by Crippen LogP contribution is 2.37. The number of carbonyl (C=O) groups excluding carboxylic acids is 3. The first-order chi connectivity index (χ1) is 14.5. The van der Waals surface area contributed by atoms with Crippen LogP contribution in [-0.4, -0.2) is 61.0 Å². The zero-order chi connectivity index (χ0) is 20.7. The molecule has 4 aliphatic heterocycles. The zero-order valence-electron chi connectivity index (χ0n) is 17.0. The van der Waals surface area contributed by atoms with Crippen LogP contribution in [0.2, 0.25) is 0 Å². The van der Waals surface area contributed by atoms with Gasteiger partial charge in [0, 0.05) is 43.6 Å². The quantitative estimate of drug-likeness (QED) is 0.602. The van der Waals surface area contributed by atoms with Crippen LogP contribution in [0.1, 0.15) is 47.2 Å². The van der Waals surface area contributed by atoms with Crippen molar-refractivity contribution >= 4 is 17.7 Å². The standard InChI is InChI=1S/C22H28N4O4/c27-19-5-4-18(20(28)25-19)26-11-17-14(2-1-3-16(17)21(26)29)9-24-10-15-8-22(13-30-15)6-7-23-12-22/h1-3,15,18,23-24H,4-13H2,(H,25,27,28). The predicted octanol–water partition coefficient (Wildman–Crippen LogP) is 0.306. The molecule has 3 saturated heterocycles. The Morgan fingerprint density at radius 2 is 2.17 bits per heavy atom. The summed E-state index contributed by atoms with van der Waals surface area (Å²) in [5.41, 5.74) is 3.02. The molecule has 5 rings (SSSR count). The molecule has 160 valence electrons. The molecule has 4 heterocycles. The molecule has 3 amide bonds. The van der Waals surface area contributed by atoms with Crippen molar-refractivity contribution in [2.24, 2.45) is 5.41 Å². The molecular weight excluding hydrogens is 384 g/mol. The molecule has 8 heteroatoms. The lowest BCUT2D eigenvalue weighted by Gasteiger charge is -2.29. The van der Waals surface area contributed by atoms with Gasteiger partial charge in [-0.3, -0.25) is 19.7 Å². The van der Waals surface area contributed by atoms with Crippen molar-refractivity contribution in [3.8, 4) is 0 Å². The van der Waals surface area contributed by atoms with Crippen LogP contribution >= 0.6 is 0 Å². The first-order valence-electron chi connectivity index (χ1n) is 10.8. The Balaban J connectivity index is 1.21. The van der Waals surface area contributed by atoms with Crippen molar-refractivity contribution in [2.45, 2.75) is 50.9 Å². The van der Waals surface area contributed by atoms with E-state index in [9.17, 15) is 14.4 Å². The second-order valence-electron chi connectivity index (χ2n) is 9.04. The number of rotatable bonds is 5. The number of hydrogen-bond donors (Lipinski definition) is 3. The molecule has 1 spiro atoms. The van der Waals surface area contributed by atoms with E-state index in [-0.39, 0.29) is 30.2 Å². The summed E-state index contributed by atoms with van der Waals surface area (Å²) in [6.07, 6.45) is 3.15. The zero-order valence-corrected chi connectivity index (χ0v) is 17.0. The molecule has 3 fully saturated rings. The third-order valence-corrected chi connectivity index (χ3v) is 6.98. The van der Waals surface area contributed by atoms with E-state index in [1.54, 1.807) is 4.90 Å². The van der Waals surface area contributed by atoms with Gasteiger partial charge in [-0.25, -0.2) is 0 Å². The number of hydrogen-bond acceptors (Lipinski definition) is 6. The molecule has 0 bridgehead atoms. The SMILES string of the molecule is O=C1CCC(N2Cc3c(CNCC4CC5(CCNC5)CO4)cccc3C2=O)C(=O)N1. The van der Waals surface area contributed by atoms with E-state index in [1.165, 1.54) is 6.42 Å². The van der Waals surface area contributed by atoms with Crippen molar-refractivity contribution in [3.63, 3.8) is 0 Å². The summed E-state index contributed by atoms with van der Waals surface area (Å²) in [5.74, 6) is -0.772. The molecular formula is C22H28N4O4. The van der Waals surface area contributed by atoms with E-state index in [1.807, 2.05) is 18.2 Å². The molecule has 0 aromatic heterocycles. The molecule has 8 nitrogen and oxygen atoms in total. The van der Waals surface area contributed by atoms with Gasteiger partial charge >= 0.3 is 0 Å². The Kier molecular flexibility index (Phi) is 5.08. The van der Waals surface area contributed by atoms with Crippen LogP contribution in [0.25, 0.3) is 0 Å². The van der Waals surface area contributed by atoms with Gasteiger partial charge in [0.25, 0.3) is 5.91 Å². The Morgan fingerprint density at radius 3 is 2.97 bits per heavy atom. The molecule has 30 heavy (non-hydrogen) atoms. The van der Waals surface area contributed by atoms with Gasteiger partial charge in [-0.15, -0.1) is 0 Å². The van der Waals surface area contributed by atoms with Gasteiger partial charge in [0.05, 0.1) is 12.7 Å². The minimum absolute atomic E-state index is 0.129. The van der Waals surface area contributed by atoms with E-state index in [0.717, 1.165) is 43.8 Å². The molecule has 1 aromatic rings. The predicted molar refractivity (Wildman–Crippen MR) is 108 cm³/mol. The number of ether oxygens (including phenoxy) is 1. The molecule has 1 aromatic carbocycles. The fourth-order valence-electron chi connectivity index (χ4n) is 5.30. The summed E-state index contributed by atoms with van der Waals surface area (Å²) in [5, 5.41) is 9.30. The lowest BCUT2D eigenvalue weighted by Crippen LogP contribution is -2.52. The molecule has 0 radical (unpaired) electrons. The summed E-state index contributed by atoms with van der Waals surface area (Å²) in [4.78, 5) is 38.2. The largest absolute Gasteiger partial charge is 0.376 e. The van der Waals surface area contributed by atoms with E-state index in [4.69, 9.17) is 4.74 Å². The van der Waals surface area contributed by atoms with E-state index in [0.29, 0.717) is 30.5 Å². The lowest BCUT2D eigenvalue weighted by molar-refractivity contribution is -0.136. The number of benzene rings is 1. The maximum atomic E-state index is 12.9. The minimum Gasteiger partial charge on any atom is -0.376 e. The molecule has 3 unspecified atom stereocenters. The summed E-state index contributed by atoms with van der Waals surface area (Å²) in [6.45, 7) is 4.82. The van der Waals surface area contributed by atoms with Crippen molar-refractivity contribution in [2.75, 3.05) is 26.2 Å². The molecule has 4 aliphatic rings. The van der Waals surface area contributed by atoms with Crippen LogP contribution in [0.5, 0.6) is 0 Å². The topological polar surface area (TPSA) is 99.8 Å². The average Bonchev–Trinajstić information content (AvgIpc) is 3.44. The maximum absolute atomic E-state index is 12.9. The Bertz CT molecular complexity index is 880. The Morgan fingerprint density at radius 1 is 1.27 bits per heavy atom. The van der Waals surface area contributed by atoms with Crippen molar-refractivity contribution < 1.29 is 19.1 Å². The fourth-order valence-corrected chi connectivity index (χ4v) is 5.30. The first-order valence-corrected chi connectivity index (χ1v) is 10.8. The summed E-state index contributed by atoms with van der Waals surface area (Å²) in [7, 11) is 0. The van der Waals surface area contributed by atoms with Crippen LogP contribution in [-0.2, 0) is 27.4 Å². The molecule has 0 saturated carbocycles. The van der Waals surface area contributed by atoms with Gasteiger partial charge < -0.3 is 20.3 Å². The monoisotopic (exact) mass is 412 g/mol. The third kappa shape index (κ3) is 3.53. The van der Waals surface area contributed by atoms with Crippen LogP contribution in [0.4, 0.5) is 0 Å². The highest BCUT2D eigenvalue weighted by atomic mass is 16.5. The fraction of sp³-hybridized carbons (Fsp3) is 0.591. The second kappa shape index (κ2) is 7.76. The number of nitrogens with zero attached hydrogens (tertiary/aromatic N) is 1. The van der Waals surface area contributed by atoms with Gasteiger partial charge in [0.1, 0.15) is 6.04 Å².